The van der Waals surface area contributed by atoms with Crippen molar-refractivity contribution in [2.75, 3.05) is 18.8 Å². The molecular weight excluding hydrogens is 248 g/mol. The largest absolute Gasteiger partial charge is 0.382 e. The van der Waals surface area contributed by atoms with E-state index in [-0.39, 0.29) is 0 Å². The van der Waals surface area contributed by atoms with Crippen LogP contribution in [0.4, 0.5) is 11.5 Å². The van der Waals surface area contributed by atoms with Gasteiger partial charge < -0.3 is 11.1 Å². The summed E-state index contributed by atoms with van der Waals surface area (Å²) in [7, 11) is 0. The molecule has 1 heterocycles. The standard InChI is InChI=1S/C16H22N4/c1-4-12(10-18-5-2)19-15-11(3)13-8-6-7-9-14(13)20-16(15)17/h6-9,18H,4-5,10H2,1-3H3,(H2,17,20). The van der Waals surface area contributed by atoms with Crippen molar-refractivity contribution in [3.05, 3.63) is 29.8 Å². The highest BCUT2D eigenvalue weighted by atomic mass is 14.9. The summed E-state index contributed by atoms with van der Waals surface area (Å²) in [6.07, 6.45) is 0.901. The smallest absolute Gasteiger partial charge is 0.150 e. The fraction of sp³-hybridized carbons (Fsp3) is 0.375. The normalized spacial score (nSPS) is 12.1. The number of benzene rings is 1. The molecule has 0 spiro atoms. The van der Waals surface area contributed by atoms with Gasteiger partial charge in [0.15, 0.2) is 0 Å². The molecule has 20 heavy (non-hydrogen) atoms. The summed E-state index contributed by atoms with van der Waals surface area (Å²) in [5.74, 6) is 0.503. The monoisotopic (exact) mass is 270 g/mol. The van der Waals surface area contributed by atoms with Crippen molar-refractivity contribution in [2.24, 2.45) is 4.99 Å². The molecule has 106 valence electrons. The average molecular weight is 270 g/mol. The second-order valence-corrected chi connectivity index (χ2v) is 4.80. The molecule has 0 atom stereocenters. The molecule has 0 aliphatic carbocycles. The first-order valence-electron chi connectivity index (χ1n) is 7.09. The summed E-state index contributed by atoms with van der Waals surface area (Å²) in [6.45, 7) is 7.97. The van der Waals surface area contributed by atoms with Gasteiger partial charge in [0, 0.05) is 17.6 Å². The molecule has 0 fully saturated rings. The number of aryl methyl sites for hydroxylation is 1. The highest BCUT2D eigenvalue weighted by Crippen LogP contribution is 2.31. The van der Waals surface area contributed by atoms with Gasteiger partial charge in [-0.2, -0.15) is 0 Å². The number of nitrogen functional groups attached to an aromatic ring is 1. The van der Waals surface area contributed by atoms with Crippen molar-refractivity contribution < 1.29 is 0 Å². The molecule has 0 aliphatic heterocycles. The van der Waals surface area contributed by atoms with Crippen LogP contribution in [0.2, 0.25) is 0 Å². The maximum absolute atomic E-state index is 6.08. The van der Waals surface area contributed by atoms with Crippen LogP contribution in [0.1, 0.15) is 25.8 Å². The third-order valence-corrected chi connectivity index (χ3v) is 3.40. The number of fused-ring (bicyclic) bond motifs is 1. The Bertz CT molecular complexity index is 632. The Kier molecular flexibility index (Phi) is 4.69. The van der Waals surface area contributed by atoms with Gasteiger partial charge in [0.1, 0.15) is 11.5 Å². The minimum Gasteiger partial charge on any atom is -0.382 e. The van der Waals surface area contributed by atoms with Gasteiger partial charge in [-0.25, -0.2) is 4.98 Å². The van der Waals surface area contributed by atoms with Gasteiger partial charge in [0.2, 0.25) is 0 Å². The van der Waals surface area contributed by atoms with Crippen LogP contribution in [0.25, 0.3) is 10.9 Å². The summed E-state index contributed by atoms with van der Waals surface area (Å²) < 4.78 is 0. The predicted octanol–water partition coefficient (Wildman–Crippen LogP) is 3.22. The minimum atomic E-state index is 0.503. The van der Waals surface area contributed by atoms with E-state index in [9.17, 15) is 0 Å². The van der Waals surface area contributed by atoms with Gasteiger partial charge in [0.05, 0.1) is 5.52 Å². The number of hydrogen-bond acceptors (Lipinski definition) is 4. The number of para-hydroxylation sites is 1. The van der Waals surface area contributed by atoms with E-state index in [4.69, 9.17) is 10.7 Å². The Morgan fingerprint density at radius 3 is 2.75 bits per heavy atom. The molecule has 3 N–H and O–H groups in total. The van der Waals surface area contributed by atoms with Crippen molar-refractivity contribution in [3.8, 4) is 0 Å². The maximum atomic E-state index is 6.08. The number of aliphatic imine (C=N–C) groups is 1. The van der Waals surface area contributed by atoms with Crippen LogP contribution in [-0.2, 0) is 0 Å². The molecule has 4 heteroatoms. The number of nitrogens with zero attached hydrogens (tertiary/aromatic N) is 2. The summed E-state index contributed by atoms with van der Waals surface area (Å²) in [5.41, 5.74) is 10.00. The third kappa shape index (κ3) is 2.96. The number of anilines is 1. The van der Waals surface area contributed by atoms with E-state index in [1.54, 1.807) is 0 Å². The fourth-order valence-electron chi connectivity index (χ4n) is 2.20. The first kappa shape index (κ1) is 14.5. The molecule has 0 amide bonds. The average Bonchev–Trinajstić information content (AvgIpc) is 2.46. The molecule has 2 rings (SSSR count). The number of pyridine rings is 1. The summed E-state index contributed by atoms with van der Waals surface area (Å²) >= 11 is 0. The quantitative estimate of drug-likeness (QED) is 0.820. The maximum Gasteiger partial charge on any atom is 0.150 e. The van der Waals surface area contributed by atoms with E-state index in [1.165, 1.54) is 0 Å². The minimum absolute atomic E-state index is 0.503. The van der Waals surface area contributed by atoms with Gasteiger partial charge >= 0.3 is 0 Å². The van der Waals surface area contributed by atoms with Gasteiger partial charge in [-0.3, -0.25) is 4.99 Å². The first-order chi connectivity index (χ1) is 9.67. The lowest BCUT2D eigenvalue weighted by atomic mass is 10.1. The topological polar surface area (TPSA) is 63.3 Å². The lowest BCUT2D eigenvalue weighted by molar-refractivity contribution is 0.809. The van der Waals surface area contributed by atoms with Crippen molar-refractivity contribution in [3.63, 3.8) is 0 Å². The molecule has 0 bridgehead atoms. The lowest BCUT2D eigenvalue weighted by Gasteiger charge is -2.11. The Labute approximate surface area is 120 Å². The Morgan fingerprint density at radius 2 is 2.05 bits per heavy atom. The van der Waals surface area contributed by atoms with E-state index >= 15 is 0 Å². The fourth-order valence-corrected chi connectivity index (χ4v) is 2.20. The zero-order chi connectivity index (χ0) is 14.5. The van der Waals surface area contributed by atoms with Crippen molar-refractivity contribution in [1.29, 1.82) is 0 Å². The molecule has 0 aliphatic rings. The molecule has 0 unspecified atom stereocenters. The van der Waals surface area contributed by atoms with E-state index in [2.05, 4.69) is 37.1 Å². The van der Waals surface area contributed by atoms with Crippen LogP contribution in [0.5, 0.6) is 0 Å². The van der Waals surface area contributed by atoms with Crippen LogP contribution in [0, 0.1) is 6.92 Å². The SMILES string of the molecule is CCNCC(CC)=Nc1c(N)nc2ccccc2c1C. The van der Waals surface area contributed by atoms with E-state index < -0.39 is 0 Å². The van der Waals surface area contributed by atoms with Crippen LogP contribution < -0.4 is 11.1 Å². The molecule has 1 aromatic heterocycles. The summed E-state index contributed by atoms with van der Waals surface area (Å²) in [6, 6.07) is 8.03. The summed E-state index contributed by atoms with van der Waals surface area (Å²) in [5, 5.41) is 4.41. The summed E-state index contributed by atoms with van der Waals surface area (Å²) in [4.78, 5) is 9.18. The van der Waals surface area contributed by atoms with Crippen molar-refractivity contribution >= 4 is 28.1 Å². The van der Waals surface area contributed by atoms with Crippen LogP contribution in [0.3, 0.4) is 0 Å². The molecule has 0 saturated carbocycles. The zero-order valence-corrected chi connectivity index (χ0v) is 12.4. The molecule has 0 radical (unpaired) electrons. The van der Waals surface area contributed by atoms with E-state index in [0.717, 1.165) is 47.4 Å². The molecule has 1 aromatic carbocycles. The number of nitrogens with two attached hydrogens (primary N) is 1. The molecular formula is C16H22N4. The van der Waals surface area contributed by atoms with Gasteiger partial charge in [0.25, 0.3) is 0 Å². The Hall–Kier alpha value is -1.94. The number of nitrogens with one attached hydrogen (secondary N) is 1. The lowest BCUT2D eigenvalue weighted by Crippen LogP contribution is -2.22. The molecule has 2 aromatic rings. The van der Waals surface area contributed by atoms with Crippen molar-refractivity contribution in [1.82, 2.24) is 10.3 Å². The molecule has 4 nitrogen and oxygen atoms in total. The van der Waals surface area contributed by atoms with Crippen LogP contribution >= 0.6 is 0 Å². The highest BCUT2D eigenvalue weighted by molar-refractivity contribution is 5.94. The Balaban J connectivity index is 2.50. The number of rotatable bonds is 5. The number of aromatic nitrogens is 1. The predicted molar refractivity (Wildman–Crippen MR) is 86.8 cm³/mol. The van der Waals surface area contributed by atoms with E-state index in [1.807, 2.05) is 18.2 Å². The van der Waals surface area contributed by atoms with Gasteiger partial charge in [-0.15, -0.1) is 0 Å². The first-order valence-corrected chi connectivity index (χ1v) is 7.09. The third-order valence-electron chi connectivity index (χ3n) is 3.40. The second-order valence-electron chi connectivity index (χ2n) is 4.80. The second kappa shape index (κ2) is 6.48. The van der Waals surface area contributed by atoms with Gasteiger partial charge in [-0.05, 0) is 31.5 Å². The molecule has 0 saturated heterocycles. The Morgan fingerprint density at radius 1 is 1.30 bits per heavy atom. The van der Waals surface area contributed by atoms with Crippen LogP contribution in [-0.4, -0.2) is 23.8 Å². The zero-order valence-electron chi connectivity index (χ0n) is 12.4. The highest BCUT2D eigenvalue weighted by Gasteiger charge is 2.09. The van der Waals surface area contributed by atoms with Gasteiger partial charge in [-0.1, -0.05) is 32.0 Å². The van der Waals surface area contributed by atoms with Crippen molar-refractivity contribution in [2.45, 2.75) is 27.2 Å². The number of hydrogen-bond donors (Lipinski definition) is 2. The van der Waals surface area contributed by atoms with E-state index in [0.29, 0.717) is 5.82 Å². The van der Waals surface area contributed by atoms with Crippen LogP contribution in [0.15, 0.2) is 29.3 Å².